The van der Waals surface area contributed by atoms with E-state index < -0.39 is 0 Å². The molecule has 3 aromatic rings. The number of aryl methyl sites for hydroxylation is 1. The number of carbonyl (C=O) groups is 1. The molecule has 8 heteroatoms. The highest BCUT2D eigenvalue weighted by Crippen LogP contribution is 2.39. The van der Waals surface area contributed by atoms with Crippen LogP contribution in [0.15, 0.2) is 42.7 Å². The Morgan fingerprint density at radius 2 is 2.05 bits per heavy atom. The molecule has 0 radical (unpaired) electrons. The fraction of sp³-hybridized carbons (Fsp3) is 0.483. The summed E-state index contributed by atoms with van der Waals surface area (Å²) in [6.45, 7) is 7.23. The average molecular weight is 502 g/mol. The number of rotatable bonds is 7. The zero-order chi connectivity index (χ0) is 25.6. The van der Waals surface area contributed by atoms with E-state index in [9.17, 15) is 4.79 Å². The fourth-order valence-electron chi connectivity index (χ4n) is 6.03. The number of fused-ring (bicyclic) bond motifs is 1. The van der Waals surface area contributed by atoms with Crippen LogP contribution in [0.2, 0.25) is 0 Å². The number of piperidine rings is 1. The molecule has 0 saturated carbocycles. The summed E-state index contributed by atoms with van der Waals surface area (Å²) in [4.78, 5) is 18.1. The Balaban J connectivity index is 1.26. The first kappa shape index (κ1) is 24.1. The van der Waals surface area contributed by atoms with E-state index in [1.807, 2.05) is 22.6 Å². The second kappa shape index (κ2) is 9.58. The van der Waals surface area contributed by atoms with Crippen molar-refractivity contribution in [2.75, 3.05) is 38.3 Å². The lowest BCUT2D eigenvalue weighted by atomic mass is 9.75. The van der Waals surface area contributed by atoms with E-state index in [0.717, 1.165) is 65.9 Å². The maximum atomic E-state index is 13.7. The highest BCUT2D eigenvalue weighted by molar-refractivity contribution is 6.10. The number of ether oxygens (including phenoxy) is 2. The molecule has 0 bridgehead atoms. The van der Waals surface area contributed by atoms with Gasteiger partial charge in [0.2, 0.25) is 0 Å². The van der Waals surface area contributed by atoms with Gasteiger partial charge < -0.3 is 18.9 Å². The first-order valence-electron chi connectivity index (χ1n) is 13.2. The SMILES string of the molecule is COc1cc(CN2CCC[C@H](C)C2)cc(N2Cc3ccc(C4(Cc5nncn5C)COC4)cc3C2=O)c1. The van der Waals surface area contributed by atoms with Crippen LogP contribution in [0.4, 0.5) is 5.69 Å². The normalized spacial score (nSPS) is 21.1. The van der Waals surface area contributed by atoms with E-state index in [-0.39, 0.29) is 11.3 Å². The first-order chi connectivity index (χ1) is 17.9. The average Bonchev–Trinajstić information content (AvgIpc) is 3.43. The monoisotopic (exact) mass is 501 g/mol. The second-order valence-corrected chi connectivity index (χ2v) is 11.1. The standard InChI is InChI=1S/C29H35N5O3/c1-20-5-4-8-33(14-20)15-21-9-24(12-25(10-21)36-3)34-16-22-6-7-23(11-26(22)28(34)35)29(17-37-18-29)13-27-31-30-19-32(27)2/h6-7,9-12,19-20H,4-5,8,13-18H2,1-3H3/t20-/m0/s1. The van der Waals surface area contributed by atoms with Gasteiger partial charge in [0, 0.05) is 49.3 Å². The zero-order valence-corrected chi connectivity index (χ0v) is 21.9. The van der Waals surface area contributed by atoms with Gasteiger partial charge in [-0.2, -0.15) is 0 Å². The summed E-state index contributed by atoms with van der Waals surface area (Å²) in [6, 6.07) is 12.6. The minimum absolute atomic E-state index is 0.0386. The van der Waals surface area contributed by atoms with Gasteiger partial charge in [0.1, 0.15) is 17.9 Å². The van der Waals surface area contributed by atoms with Gasteiger partial charge in [0.05, 0.1) is 26.9 Å². The summed E-state index contributed by atoms with van der Waals surface area (Å²) < 4.78 is 13.2. The molecule has 4 heterocycles. The highest BCUT2D eigenvalue weighted by Gasteiger charge is 2.43. The van der Waals surface area contributed by atoms with E-state index >= 15 is 0 Å². The number of hydrogen-bond donors (Lipinski definition) is 0. The van der Waals surface area contributed by atoms with E-state index in [1.54, 1.807) is 13.4 Å². The van der Waals surface area contributed by atoms with Crippen LogP contribution in [-0.2, 0) is 36.7 Å². The molecule has 3 aliphatic rings. The molecular formula is C29H35N5O3. The van der Waals surface area contributed by atoms with Crippen LogP contribution in [-0.4, -0.2) is 59.0 Å². The Labute approximate surface area is 218 Å². The lowest BCUT2D eigenvalue weighted by Crippen LogP contribution is -2.49. The summed E-state index contributed by atoms with van der Waals surface area (Å²) in [5, 5.41) is 8.32. The van der Waals surface area contributed by atoms with Gasteiger partial charge in [-0.05, 0) is 60.2 Å². The number of amides is 1. The van der Waals surface area contributed by atoms with E-state index in [0.29, 0.717) is 19.8 Å². The molecule has 2 saturated heterocycles. The van der Waals surface area contributed by atoms with Crippen molar-refractivity contribution in [2.24, 2.45) is 13.0 Å². The highest BCUT2D eigenvalue weighted by atomic mass is 16.5. The first-order valence-corrected chi connectivity index (χ1v) is 13.2. The Morgan fingerprint density at radius 3 is 2.76 bits per heavy atom. The molecule has 37 heavy (non-hydrogen) atoms. The number of methoxy groups -OCH3 is 1. The predicted molar refractivity (Wildman–Crippen MR) is 141 cm³/mol. The lowest BCUT2D eigenvalue weighted by molar-refractivity contribution is -0.0611. The number of anilines is 1. The van der Waals surface area contributed by atoms with Crippen molar-refractivity contribution in [3.63, 3.8) is 0 Å². The van der Waals surface area contributed by atoms with Crippen LogP contribution >= 0.6 is 0 Å². The van der Waals surface area contributed by atoms with Gasteiger partial charge in [-0.1, -0.05) is 19.1 Å². The van der Waals surface area contributed by atoms with Gasteiger partial charge in [-0.3, -0.25) is 9.69 Å². The summed E-state index contributed by atoms with van der Waals surface area (Å²) >= 11 is 0. The molecule has 1 aromatic heterocycles. The van der Waals surface area contributed by atoms with Gasteiger partial charge in [-0.25, -0.2) is 0 Å². The Kier molecular flexibility index (Phi) is 6.24. The molecule has 1 atom stereocenters. The Bertz CT molecular complexity index is 1310. The molecule has 0 aliphatic carbocycles. The van der Waals surface area contributed by atoms with Crippen LogP contribution in [0, 0.1) is 5.92 Å². The summed E-state index contributed by atoms with van der Waals surface area (Å²) in [6.07, 6.45) is 4.99. The zero-order valence-electron chi connectivity index (χ0n) is 21.9. The molecule has 194 valence electrons. The Hall–Kier alpha value is -3.23. The number of nitrogens with zero attached hydrogens (tertiary/aromatic N) is 5. The van der Waals surface area contributed by atoms with Gasteiger partial charge >= 0.3 is 0 Å². The molecule has 2 aromatic carbocycles. The van der Waals surface area contributed by atoms with E-state index in [4.69, 9.17) is 9.47 Å². The molecule has 0 N–H and O–H groups in total. The number of carbonyl (C=O) groups excluding carboxylic acids is 1. The summed E-state index contributed by atoms with van der Waals surface area (Å²) in [5.74, 6) is 2.47. The molecule has 8 nitrogen and oxygen atoms in total. The van der Waals surface area contributed by atoms with Crippen LogP contribution in [0.3, 0.4) is 0 Å². The molecule has 0 spiro atoms. The van der Waals surface area contributed by atoms with Crippen molar-refractivity contribution in [3.05, 3.63) is 70.8 Å². The van der Waals surface area contributed by atoms with Crippen LogP contribution in [0.25, 0.3) is 0 Å². The smallest absolute Gasteiger partial charge is 0.258 e. The third-order valence-electron chi connectivity index (χ3n) is 8.23. The Morgan fingerprint density at radius 1 is 1.19 bits per heavy atom. The summed E-state index contributed by atoms with van der Waals surface area (Å²) in [5.41, 5.74) is 4.84. The maximum absolute atomic E-state index is 13.7. The van der Waals surface area contributed by atoms with E-state index in [1.165, 1.54) is 18.4 Å². The fourth-order valence-corrected chi connectivity index (χ4v) is 6.03. The van der Waals surface area contributed by atoms with Gasteiger partial charge in [-0.15, -0.1) is 10.2 Å². The quantitative estimate of drug-likeness (QED) is 0.491. The molecule has 2 fully saturated rings. The lowest BCUT2D eigenvalue weighted by Gasteiger charge is -2.41. The second-order valence-electron chi connectivity index (χ2n) is 11.1. The van der Waals surface area contributed by atoms with Crippen molar-refractivity contribution in [1.82, 2.24) is 19.7 Å². The number of aromatic nitrogens is 3. The van der Waals surface area contributed by atoms with Crippen molar-refractivity contribution in [1.29, 1.82) is 0 Å². The van der Waals surface area contributed by atoms with Crippen LogP contribution in [0.1, 0.15) is 52.6 Å². The van der Waals surface area contributed by atoms with Gasteiger partial charge in [0.25, 0.3) is 5.91 Å². The molecule has 3 aliphatic heterocycles. The number of hydrogen-bond acceptors (Lipinski definition) is 6. The minimum atomic E-state index is -0.182. The van der Waals surface area contributed by atoms with Crippen molar-refractivity contribution in [3.8, 4) is 5.75 Å². The third-order valence-corrected chi connectivity index (χ3v) is 8.23. The maximum Gasteiger partial charge on any atom is 0.258 e. The van der Waals surface area contributed by atoms with Crippen molar-refractivity contribution in [2.45, 2.75) is 44.7 Å². The summed E-state index contributed by atoms with van der Waals surface area (Å²) in [7, 11) is 3.65. The minimum Gasteiger partial charge on any atom is -0.497 e. The number of benzene rings is 2. The van der Waals surface area contributed by atoms with Crippen molar-refractivity contribution >= 4 is 11.6 Å². The van der Waals surface area contributed by atoms with E-state index in [2.05, 4.69) is 52.4 Å². The molecule has 6 rings (SSSR count). The van der Waals surface area contributed by atoms with Crippen molar-refractivity contribution < 1.29 is 14.3 Å². The van der Waals surface area contributed by atoms with Gasteiger partial charge in [0.15, 0.2) is 0 Å². The largest absolute Gasteiger partial charge is 0.497 e. The molecule has 1 amide bonds. The molecule has 0 unspecified atom stereocenters. The third kappa shape index (κ3) is 4.53. The van der Waals surface area contributed by atoms with Crippen LogP contribution in [0.5, 0.6) is 5.75 Å². The topological polar surface area (TPSA) is 72.7 Å². The van der Waals surface area contributed by atoms with Crippen LogP contribution < -0.4 is 9.64 Å². The number of likely N-dealkylation sites (tertiary alicyclic amines) is 1. The molecular weight excluding hydrogens is 466 g/mol. The predicted octanol–water partition coefficient (Wildman–Crippen LogP) is 3.73.